The zero-order valence-corrected chi connectivity index (χ0v) is 11.7. The van der Waals surface area contributed by atoms with Crippen LogP contribution in [0.5, 0.6) is 0 Å². The van der Waals surface area contributed by atoms with Gasteiger partial charge in [0.2, 0.25) is 0 Å². The van der Waals surface area contributed by atoms with E-state index in [1.165, 1.54) is 0 Å². The van der Waals surface area contributed by atoms with E-state index in [0.29, 0.717) is 18.4 Å². The van der Waals surface area contributed by atoms with Crippen LogP contribution in [-0.4, -0.2) is 23.7 Å². The largest absolute Gasteiger partial charge is 0.480 e. The first-order valence-electron chi connectivity index (χ1n) is 6.66. The average molecular weight is 276 g/mol. The van der Waals surface area contributed by atoms with Crippen LogP contribution in [0.1, 0.15) is 31.7 Å². The van der Waals surface area contributed by atoms with Crippen molar-refractivity contribution in [3.05, 3.63) is 48.6 Å². The van der Waals surface area contributed by atoms with Crippen LogP contribution >= 0.6 is 0 Å². The van der Waals surface area contributed by atoms with Crippen molar-refractivity contribution in [3.8, 4) is 0 Å². The summed E-state index contributed by atoms with van der Waals surface area (Å²) >= 11 is 0. The van der Waals surface area contributed by atoms with Crippen LogP contribution in [0.25, 0.3) is 0 Å². The van der Waals surface area contributed by atoms with Crippen LogP contribution in [0.2, 0.25) is 0 Å². The van der Waals surface area contributed by atoms with E-state index >= 15 is 0 Å². The Morgan fingerprint density at radius 3 is 2.50 bits per heavy atom. The van der Waals surface area contributed by atoms with Gasteiger partial charge < -0.3 is 9.84 Å². The fourth-order valence-electron chi connectivity index (χ4n) is 2.17. The van der Waals surface area contributed by atoms with Crippen molar-refractivity contribution in [1.82, 2.24) is 0 Å². The molecule has 1 unspecified atom stereocenters. The van der Waals surface area contributed by atoms with E-state index in [9.17, 15) is 14.7 Å². The Morgan fingerprint density at radius 1 is 1.35 bits per heavy atom. The zero-order chi connectivity index (χ0) is 15.0. The van der Waals surface area contributed by atoms with E-state index in [2.05, 4.69) is 6.58 Å². The molecule has 0 aliphatic carbocycles. The number of rotatable bonds is 8. The van der Waals surface area contributed by atoms with E-state index < -0.39 is 17.4 Å². The molecule has 20 heavy (non-hydrogen) atoms. The topological polar surface area (TPSA) is 63.6 Å². The van der Waals surface area contributed by atoms with Gasteiger partial charge in [0, 0.05) is 0 Å². The Labute approximate surface area is 119 Å². The van der Waals surface area contributed by atoms with Gasteiger partial charge in [-0.3, -0.25) is 9.59 Å². The smallest absolute Gasteiger partial charge is 0.328 e. The van der Waals surface area contributed by atoms with E-state index in [1.807, 2.05) is 0 Å². The summed E-state index contributed by atoms with van der Waals surface area (Å²) in [6.45, 7) is 5.44. The molecule has 1 atom stereocenters. The highest BCUT2D eigenvalue weighted by Gasteiger charge is 2.48. The molecule has 4 heteroatoms. The minimum Gasteiger partial charge on any atom is -0.480 e. The molecule has 108 valence electrons. The number of hydrogen-bond donors (Lipinski definition) is 1. The molecule has 0 fully saturated rings. The summed E-state index contributed by atoms with van der Waals surface area (Å²) in [5.74, 6) is -1.88. The van der Waals surface area contributed by atoms with E-state index in [-0.39, 0.29) is 13.0 Å². The molecular weight excluding hydrogens is 256 g/mol. The van der Waals surface area contributed by atoms with Crippen molar-refractivity contribution in [2.24, 2.45) is 0 Å². The standard InChI is InChI=1S/C16H20O4/c1-3-5-9-12-16(14(17)18,15(19)20-4-2)13-10-7-6-8-11-13/h3,6-8,10-11H,1,4-5,9,12H2,2H3,(H,17,18). The normalized spacial score (nSPS) is 13.2. The molecule has 0 spiro atoms. The molecule has 0 radical (unpaired) electrons. The van der Waals surface area contributed by atoms with E-state index in [4.69, 9.17) is 4.74 Å². The monoisotopic (exact) mass is 276 g/mol. The second-order valence-corrected chi connectivity index (χ2v) is 4.48. The Bertz CT molecular complexity index is 467. The summed E-state index contributed by atoms with van der Waals surface area (Å²) in [5.41, 5.74) is -1.18. The van der Waals surface area contributed by atoms with E-state index in [1.54, 1.807) is 43.3 Å². The van der Waals surface area contributed by atoms with Gasteiger partial charge in [-0.05, 0) is 31.7 Å². The average Bonchev–Trinajstić information content (AvgIpc) is 2.44. The third-order valence-electron chi connectivity index (χ3n) is 3.22. The number of carboxylic acids is 1. The maximum atomic E-state index is 12.3. The Kier molecular flexibility index (Phi) is 5.97. The van der Waals surface area contributed by atoms with Crippen LogP contribution in [0, 0.1) is 0 Å². The summed E-state index contributed by atoms with van der Waals surface area (Å²) in [5, 5.41) is 9.65. The quantitative estimate of drug-likeness (QED) is 0.343. The highest BCUT2D eigenvalue weighted by atomic mass is 16.5. The lowest BCUT2D eigenvalue weighted by molar-refractivity contribution is -0.162. The molecule has 0 bridgehead atoms. The SMILES string of the molecule is C=CCCCC(C(=O)O)(C(=O)OCC)c1ccccc1. The summed E-state index contributed by atoms with van der Waals surface area (Å²) in [7, 11) is 0. The molecule has 1 aromatic carbocycles. The predicted octanol–water partition coefficient (Wildman–Crippen LogP) is 2.93. The lowest BCUT2D eigenvalue weighted by Gasteiger charge is -2.27. The number of esters is 1. The third-order valence-corrected chi connectivity index (χ3v) is 3.22. The minimum atomic E-state index is -1.64. The molecule has 0 amide bonds. The summed E-state index contributed by atoms with van der Waals surface area (Å²) in [6, 6.07) is 8.53. The fourth-order valence-corrected chi connectivity index (χ4v) is 2.17. The predicted molar refractivity (Wildman–Crippen MR) is 76.4 cm³/mol. The van der Waals surface area contributed by atoms with Gasteiger partial charge in [0.15, 0.2) is 5.41 Å². The Hall–Kier alpha value is -2.10. The highest BCUT2D eigenvalue weighted by Crippen LogP contribution is 2.32. The van der Waals surface area contributed by atoms with Gasteiger partial charge in [-0.25, -0.2) is 0 Å². The Morgan fingerprint density at radius 2 is 2.00 bits per heavy atom. The zero-order valence-electron chi connectivity index (χ0n) is 11.7. The molecule has 0 aromatic heterocycles. The molecule has 0 aliphatic heterocycles. The minimum absolute atomic E-state index is 0.155. The molecule has 1 rings (SSSR count). The third kappa shape index (κ3) is 3.26. The summed E-state index contributed by atoms with van der Waals surface area (Å²) in [4.78, 5) is 24.1. The van der Waals surface area contributed by atoms with Crippen LogP contribution in [0.4, 0.5) is 0 Å². The number of carboxylic acid groups (broad SMARTS) is 1. The van der Waals surface area contributed by atoms with Gasteiger partial charge in [0.05, 0.1) is 6.61 Å². The maximum Gasteiger partial charge on any atom is 0.328 e. The van der Waals surface area contributed by atoms with E-state index in [0.717, 1.165) is 0 Å². The van der Waals surface area contributed by atoms with Gasteiger partial charge >= 0.3 is 11.9 Å². The van der Waals surface area contributed by atoms with Crippen molar-refractivity contribution in [3.63, 3.8) is 0 Å². The van der Waals surface area contributed by atoms with Crippen LogP contribution in [0.3, 0.4) is 0 Å². The number of hydrogen-bond acceptors (Lipinski definition) is 3. The summed E-state index contributed by atoms with van der Waals surface area (Å²) < 4.78 is 5.01. The number of carbonyl (C=O) groups is 2. The number of carbonyl (C=O) groups excluding carboxylic acids is 1. The molecule has 1 N–H and O–H groups in total. The molecule has 0 saturated carbocycles. The first-order chi connectivity index (χ1) is 9.59. The second kappa shape index (κ2) is 7.48. The lowest BCUT2D eigenvalue weighted by Crippen LogP contribution is -2.45. The lowest BCUT2D eigenvalue weighted by atomic mass is 9.76. The molecule has 1 aromatic rings. The van der Waals surface area contributed by atoms with Gasteiger partial charge in [0.25, 0.3) is 0 Å². The van der Waals surface area contributed by atoms with Crippen LogP contribution < -0.4 is 0 Å². The van der Waals surface area contributed by atoms with Crippen molar-refractivity contribution in [2.75, 3.05) is 6.61 Å². The number of benzene rings is 1. The number of ether oxygens (including phenoxy) is 1. The van der Waals surface area contributed by atoms with Crippen molar-refractivity contribution < 1.29 is 19.4 Å². The molecule has 0 aliphatic rings. The highest BCUT2D eigenvalue weighted by molar-refractivity contribution is 6.05. The first-order valence-corrected chi connectivity index (χ1v) is 6.66. The van der Waals surface area contributed by atoms with Crippen molar-refractivity contribution in [2.45, 2.75) is 31.6 Å². The fraction of sp³-hybridized carbons (Fsp3) is 0.375. The van der Waals surface area contributed by atoms with Gasteiger partial charge in [0.1, 0.15) is 0 Å². The van der Waals surface area contributed by atoms with Gasteiger partial charge in [-0.1, -0.05) is 36.4 Å². The molecule has 0 saturated heterocycles. The molecule has 0 heterocycles. The van der Waals surface area contributed by atoms with Gasteiger partial charge in [-0.2, -0.15) is 0 Å². The number of unbranched alkanes of at least 4 members (excludes halogenated alkanes) is 1. The van der Waals surface area contributed by atoms with Crippen molar-refractivity contribution >= 4 is 11.9 Å². The summed E-state index contributed by atoms with van der Waals surface area (Å²) in [6.07, 6.45) is 3.12. The Balaban J connectivity index is 3.23. The van der Waals surface area contributed by atoms with Crippen LogP contribution in [0.15, 0.2) is 43.0 Å². The molecular formula is C16H20O4. The molecule has 4 nitrogen and oxygen atoms in total. The number of aliphatic carboxylic acids is 1. The van der Waals surface area contributed by atoms with Crippen molar-refractivity contribution in [1.29, 1.82) is 0 Å². The number of allylic oxidation sites excluding steroid dienone is 1. The van der Waals surface area contributed by atoms with Gasteiger partial charge in [-0.15, -0.1) is 6.58 Å². The second-order valence-electron chi connectivity index (χ2n) is 4.48. The van der Waals surface area contributed by atoms with Crippen LogP contribution in [-0.2, 0) is 19.7 Å². The first kappa shape index (κ1) is 16.0. The maximum absolute atomic E-state index is 12.3.